The fourth-order valence-corrected chi connectivity index (χ4v) is 5.67. The highest BCUT2D eigenvalue weighted by atomic mass is 32.2. The molecule has 2 unspecified atom stereocenters. The summed E-state index contributed by atoms with van der Waals surface area (Å²) < 4.78 is 25.4. The Morgan fingerprint density at radius 3 is 2.66 bits per heavy atom. The number of anilines is 1. The van der Waals surface area contributed by atoms with Crippen molar-refractivity contribution in [1.82, 2.24) is 14.8 Å². The second-order valence-corrected chi connectivity index (χ2v) is 10.6. The molecule has 0 saturated carbocycles. The lowest BCUT2D eigenvalue weighted by Gasteiger charge is -2.22. The van der Waals surface area contributed by atoms with Crippen molar-refractivity contribution >= 4 is 34.0 Å². The Labute approximate surface area is 186 Å². The van der Waals surface area contributed by atoms with Crippen LogP contribution in [0.2, 0.25) is 0 Å². The van der Waals surface area contributed by atoms with E-state index in [1.807, 2.05) is 37.3 Å². The molecule has 0 bridgehead atoms. The maximum absolute atomic E-state index is 13.1. The van der Waals surface area contributed by atoms with Gasteiger partial charge in [0, 0.05) is 30.6 Å². The molecule has 2 aromatic rings. The number of aromatic nitrogens is 2. The predicted octanol–water partition coefficient (Wildman–Crippen LogP) is 2.25. The van der Waals surface area contributed by atoms with Gasteiger partial charge in [0.05, 0.1) is 22.9 Å². The first-order valence-electron chi connectivity index (χ1n) is 10.6. The lowest BCUT2D eigenvalue weighted by Crippen LogP contribution is -2.36. The maximum Gasteiger partial charge on any atom is 0.238 e. The molecule has 3 aliphatic heterocycles. The molecule has 10 heteroatoms. The third-order valence-corrected chi connectivity index (χ3v) is 7.77. The van der Waals surface area contributed by atoms with Gasteiger partial charge >= 0.3 is 0 Å². The summed E-state index contributed by atoms with van der Waals surface area (Å²) in [5.41, 5.74) is 2.73. The fraction of sp³-hybridized carbons (Fsp3) is 0.364. The number of rotatable bonds is 4. The van der Waals surface area contributed by atoms with Crippen LogP contribution in [0.4, 0.5) is 5.82 Å². The highest BCUT2D eigenvalue weighted by Gasteiger charge is 2.36. The molecule has 0 radical (unpaired) electrons. The summed E-state index contributed by atoms with van der Waals surface area (Å²) in [4.78, 5) is 17.5. The summed E-state index contributed by atoms with van der Waals surface area (Å²) in [5, 5.41) is 13.7. The summed E-state index contributed by atoms with van der Waals surface area (Å²) >= 11 is 0. The van der Waals surface area contributed by atoms with Crippen LogP contribution in [0.5, 0.6) is 0 Å². The second-order valence-electron chi connectivity index (χ2n) is 8.34. The van der Waals surface area contributed by atoms with Crippen molar-refractivity contribution in [2.45, 2.75) is 31.8 Å². The number of hydrogen-bond acceptors (Lipinski definition) is 7. The molecule has 1 fully saturated rings. The van der Waals surface area contributed by atoms with Gasteiger partial charge in [-0.05, 0) is 38.0 Å². The number of carbonyl (C=O) groups is 1. The molecule has 1 aromatic heterocycles. The molecule has 166 valence electrons. The predicted molar refractivity (Wildman–Crippen MR) is 123 cm³/mol. The summed E-state index contributed by atoms with van der Waals surface area (Å²) in [6, 6.07) is 9.72. The molecule has 0 aliphatic carbocycles. The van der Waals surface area contributed by atoms with E-state index in [-0.39, 0.29) is 23.3 Å². The standard InChI is InChI=1S/C22H24N6O3S/c1-15-3-5-17(6-4-15)28-20(13-19(26-28)16-7-11-32(30,31)12-8-16)25-22(29)18-14-24-27-10-2-9-23-21(18)27/h2-6,9-10,13-14,16,18,21H,7-8,11-12H2,1H3,(H,25,29). The minimum absolute atomic E-state index is 0.0393. The van der Waals surface area contributed by atoms with Crippen LogP contribution in [-0.2, 0) is 14.6 Å². The Morgan fingerprint density at radius 2 is 1.91 bits per heavy atom. The normalized spacial score (nSPS) is 24.0. The van der Waals surface area contributed by atoms with E-state index in [4.69, 9.17) is 5.10 Å². The van der Waals surface area contributed by atoms with Crippen molar-refractivity contribution < 1.29 is 13.2 Å². The van der Waals surface area contributed by atoms with Gasteiger partial charge in [-0.2, -0.15) is 10.2 Å². The number of hydrogen-bond donors (Lipinski definition) is 1. The third-order valence-electron chi connectivity index (χ3n) is 6.05. The van der Waals surface area contributed by atoms with Crippen molar-refractivity contribution in [2.75, 3.05) is 16.8 Å². The number of allylic oxidation sites excluding steroid dienone is 1. The van der Waals surface area contributed by atoms with Crippen molar-refractivity contribution in [3.05, 3.63) is 53.9 Å². The van der Waals surface area contributed by atoms with Gasteiger partial charge in [-0.25, -0.2) is 18.1 Å². The lowest BCUT2D eigenvalue weighted by molar-refractivity contribution is -0.118. The molecule has 4 heterocycles. The van der Waals surface area contributed by atoms with E-state index in [0.29, 0.717) is 18.7 Å². The van der Waals surface area contributed by atoms with Crippen LogP contribution in [0.15, 0.2) is 52.7 Å². The van der Waals surface area contributed by atoms with E-state index < -0.39 is 21.9 Å². The van der Waals surface area contributed by atoms with Crippen LogP contribution in [0.25, 0.3) is 5.69 Å². The fourth-order valence-electron chi connectivity index (χ4n) is 4.18. The number of nitrogens with zero attached hydrogens (tertiary/aromatic N) is 5. The molecule has 1 amide bonds. The Kier molecular flexibility index (Phi) is 5.16. The molecule has 1 aromatic carbocycles. The van der Waals surface area contributed by atoms with E-state index in [1.54, 1.807) is 34.4 Å². The number of benzene rings is 1. The molecule has 1 N–H and O–H groups in total. The maximum atomic E-state index is 13.1. The molecule has 1 saturated heterocycles. The molecular formula is C22H24N6O3S. The number of aryl methyl sites for hydroxylation is 1. The SMILES string of the molecule is Cc1ccc(-n2nc(C3CCS(=O)(=O)CC3)cc2NC(=O)C2C=NN3C=CC=NC23)cc1. The van der Waals surface area contributed by atoms with Crippen LogP contribution in [0, 0.1) is 12.8 Å². The van der Waals surface area contributed by atoms with E-state index in [0.717, 1.165) is 16.9 Å². The molecular weight excluding hydrogens is 428 g/mol. The summed E-state index contributed by atoms with van der Waals surface area (Å²) in [6.07, 6.45) is 7.51. The van der Waals surface area contributed by atoms with Crippen LogP contribution >= 0.6 is 0 Å². The van der Waals surface area contributed by atoms with Crippen molar-refractivity contribution in [3.63, 3.8) is 0 Å². The first-order valence-corrected chi connectivity index (χ1v) is 12.4. The van der Waals surface area contributed by atoms with E-state index >= 15 is 0 Å². The van der Waals surface area contributed by atoms with Gasteiger partial charge in [-0.3, -0.25) is 9.79 Å². The van der Waals surface area contributed by atoms with Gasteiger partial charge in [0.25, 0.3) is 0 Å². The zero-order valence-electron chi connectivity index (χ0n) is 17.6. The number of carbonyl (C=O) groups excluding carboxylic acids is 1. The minimum Gasteiger partial charge on any atom is -0.310 e. The highest BCUT2D eigenvalue weighted by molar-refractivity contribution is 7.91. The van der Waals surface area contributed by atoms with Gasteiger partial charge in [0.1, 0.15) is 21.6 Å². The van der Waals surface area contributed by atoms with Crippen molar-refractivity contribution in [2.24, 2.45) is 16.0 Å². The zero-order valence-corrected chi connectivity index (χ0v) is 18.4. The third kappa shape index (κ3) is 3.97. The number of aliphatic imine (C=N–C) groups is 1. The van der Waals surface area contributed by atoms with Gasteiger partial charge in [-0.15, -0.1) is 0 Å². The summed E-state index contributed by atoms with van der Waals surface area (Å²) in [5.74, 6) is 0.166. The smallest absolute Gasteiger partial charge is 0.238 e. The van der Waals surface area contributed by atoms with Gasteiger partial charge < -0.3 is 5.32 Å². The number of sulfone groups is 1. The molecule has 2 atom stereocenters. The van der Waals surface area contributed by atoms with Crippen LogP contribution in [0.3, 0.4) is 0 Å². The summed E-state index contributed by atoms with van der Waals surface area (Å²) in [6.45, 7) is 2.01. The van der Waals surface area contributed by atoms with Gasteiger partial charge in [0.15, 0.2) is 6.17 Å². The zero-order chi connectivity index (χ0) is 22.3. The van der Waals surface area contributed by atoms with Crippen molar-refractivity contribution in [1.29, 1.82) is 0 Å². The number of nitrogens with one attached hydrogen (secondary N) is 1. The largest absolute Gasteiger partial charge is 0.310 e. The Morgan fingerprint density at radius 1 is 1.16 bits per heavy atom. The molecule has 5 rings (SSSR count). The van der Waals surface area contributed by atoms with E-state index in [9.17, 15) is 13.2 Å². The minimum atomic E-state index is -2.97. The number of amides is 1. The highest BCUT2D eigenvalue weighted by Crippen LogP contribution is 2.31. The number of fused-ring (bicyclic) bond motifs is 1. The first-order chi connectivity index (χ1) is 15.4. The number of hydrazone groups is 1. The summed E-state index contributed by atoms with van der Waals surface area (Å²) in [7, 11) is -2.97. The van der Waals surface area contributed by atoms with Gasteiger partial charge in [-0.1, -0.05) is 17.7 Å². The Balaban J connectivity index is 1.43. The van der Waals surface area contributed by atoms with Crippen molar-refractivity contribution in [3.8, 4) is 5.69 Å². The molecule has 0 spiro atoms. The average molecular weight is 453 g/mol. The Bertz CT molecular complexity index is 1210. The first kappa shape index (κ1) is 20.6. The topological polar surface area (TPSA) is 109 Å². The monoisotopic (exact) mass is 452 g/mol. The molecule has 3 aliphatic rings. The second kappa shape index (κ2) is 8.01. The molecule has 9 nitrogen and oxygen atoms in total. The lowest BCUT2D eigenvalue weighted by atomic mass is 9.99. The van der Waals surface area contributed by atoms with Gasteiger partial charge in [0.2, 0.25) is 5.91 Å². The van der Waals surface area contributed by atoms with E-state index in [1.165, 1.54) is 0 Å². The Hall–Kier alpha value is -3.27. The van der Waals surface area contributed by atoms with Crippen LogP contribution in [0.1, 0.15) is 30.0 Å². The van der Waals surface area contributed by atoms with E-state index in [2.05, 4.69) is 15.4 Å². The van der Waals surface area contributed by atoms with Crippen LogP contribution < -0.4 is 5.32 Å². The quantitative estimate of drug-likeness (QED) is 0.765. The average Bonchev–Trinajstić information content (AvgIpc) is 3.39. The molecule has 32 heavy (non-hydrogen) atoms. The van der Waals surface area contributed by atoms with Crippen LogP contribution in [-0.4, -0.2) is 59.2 Å².